The molecule has 3 heteroatoms. The van der Waals surface area contributed by atoms with Crippen molar-refractivity contribution in [2.45, 2.75) is 46.7 Å². The van der Waals surface area contributed by atoms with Crippen molar-refractivity contribution in [1.29, 1.82) is 0 Å². The Labute approximate surface area is 140 Å². The molecule has 1 aliphatic rings. The second-order valence-electron chi connectivity index (χ2n) is 7.12. The van der Waals surface area contributed by atoms with Crippen LogP contribution in [0.5, 0.6) is 0 Å². The third-order valence-electron chi connectivity index (χ3n) is 5.51. The maximum absolute atomic E-state index is 4.74. The average Bonchev–Trinajstić information content (AvgIpc) is 2.76. The molecule has 0 amide bonds. The SMILES string of the molecule is CC[N+]1(C)c2cnc(C(C)C)cc2N(c2ccccc2C)[C@H]1C. The van der Waals surface area contributed by atoms with Gasteiger partial charge in [0.15, 0.2) is 11.9 Å². The first-order valence-corrected chi connectivity index (χ1v) is 8.60. The summed E-state index contributed by atoms with van der Waals surface area (Å²) in [5, 5.41) is 0. The summed E-state index contributed by atoms with van der Waals surface area (Å²) in [6, 6.07) is 11.0. The van der Waals surface area contributed by atoms with E-state index < -0.39 is 0 Å². The number of hydrogen-bond donors (Lipinski definition) is 0. The van der Waals surface area contributed by atoms with Gasteiger partial charge in [0.05, 0.1) is 19.8 Å². The number of quaternary nitrogens is 1. The summed E-state index contributed by atoms with van der Waals surface area (Å²) in [7, 11) is 2.32. The maximum Gasteiger partial charge on any atom is 0.177 e. The quantitative estimate of drug-likeness (QED) is 0.744. The van der Waals surface area contributed by atoms with Gasteiger partial charge in [0.25, 0.3) is 0 Å². The summed E-state index contributed by atoms with van der Waals surface area (Å²) >= 11 is 0. The molecule has 1 aromatic carbocycles. The molecule has 2 atom stereocenters. The number of anilines is 2. The largest absolute Gasteiger partial charge is 0.286 e. The number of aryl methyl sites for hydroxylation is 1. The number of nitrogens with zero attached hydrogens (tertiary/aromatic N) is 3. The minimum Gasteiger partial charge on any atom is -0.286 e. The van der Waals surface area contributed by atoms with Crippen molar-refractivity contribution < 1.29 is 0 Å². The van der Waals surface area contributed by atoms with Gasteiger partial charge in [-0.15, -0.1) is 0 Å². The van der Waals surface area contributed by atoms with Gasteiger partial charge in [-0.3, -0.25) is 14.4 Å². The van der Waals surface area contributed by atoms with E-state index in [2.05, 4.69) is 83.1 Å². The smallest absolute Gasteiger partial charge is 0.177 e. The number of benzene rings is 1. The van der Waals surface area contributed by atoms with Crippen LogP contribution in [0.15, 0.2) is 36.5 Å². The molecule has 3 nitrogen and oxygen atoms in total. The topological polar surface area (TPSA) is 16.1 Å². The molecule has 2 heterocycles. The Hall–Kier alpha value is -1.87. The van der Waals surface area contributed by atoms with Crippen LogP contribution >= 0.6 is 0 Å². The summed E-state index contributed by atoms with van der Waals surface area (Å²) in [5.74, 6) is 0.440. The fourth-order valence-corrected chi connectivity index (χ4v) is 3.61. The number of para-hydroxylation sites is 1. The first-order chi connectivity index (χ1) is 10.9. The zero-order valence-corrected chi connectivity index (χ0v) is 15.2. The highest BCUT2D eigenvalue weighted by atomic mass is 15.5. The fourth-order valence-electron chi connectivity index (χ4n) is 3.61. The van der Waals surface area contributed by atoms with Crippen LogP contribution in [0.2, 0.25) is 0 Å². The molecule has 0 spiro atoms. The summed E-state index contributed by atoms with van der Waals surface area (Å²) < 4.78 is 0.898. The van der Waals surface area contributed by atoms with E-state index in [9.17, 15) is 0 Å². The number of aromatic nitrogens is 1. The molecule has 0 N–H and O–H groups in total. The van der Waals surface area contributed by atoms with Gasteiger partial charge in [-0.25, -0.2) is 0 Å². The molecule has 0 aliphatic carbocycles. The van der Waals surface area contributed by atoms with E-state index in [1.807, 2.05) is 0 Å². The van der Waals surface area contributed by atoms with Gasteiger partial charge >= 0.3 is 0 Å². The first-order valence-electron chi connectivity index (χ1n) is 8.60. The van der Waals surface area contributed by atoms with E-state index in [1.54, 1.807) is 0 Å². The van der Waals surface area contributed by atoms with Crippen LogP contribution in [0.4, 0.5) is 17.1 Å². The van der Waals surface area contributed by atoms with Crippen molar-refractivity contribution in [3.8, 4) is 0 Å². The molecule has 2 aromatic rings. The van der Waals surface area contributed by atoms with Crippen molar-refractivity contribution in [3.63, 3.8) is 0 Å². The molecular formula is C20H28N3+. The Bertz CT molecular complexity index is 723. The molecule has 122 valence electrons. The van der Waals surface area contributed by atoms with Gasteiger partial charge in [0.2, 0.25) is 0 Å². The van der Waals surface area contributed by atoms with Crippen LogP contribution in [-0.2, 0) is 0 Å². The molecule has 1 aromatic heterocycles. The molecule has 0 bridgehead atoms. The number of rotatable bonds is 3. The number of fused-ring (bicyclic) bond motifs is 1. The van der Waals surface area contributed by atoms with Crippen molar-refractivity contribution in [3.05, 3.63) is 47.8 Å². The minimum absolute atomic E-state index is 0.361. The molecule has 0 fully saturated rings. The van der Waals surface area contributed by atoms with Gasteiger partial charge in [0.1, 0.15) is 5.69 Å². The second kappa shape index (κ2) is 5.64. The standard InChI is InChI=1S/C20H28N3/c1-7-23(6)16(5)22(18-11-9-8-10-15(18)4)19-12-17(14(2)3)21-13-20(19)23/h8-14,16H,7H2,1-6H3/q+1/t16-,23?/m1/s1. The molecule has 1 unspecified atom stereocenters. The Morgan fingerprint density at radius 3 is 2.52 bits per heavy atom. The molecule has 23 heavy (non-hydrogen) atoms. The molecule has 0 saturated carbocycles. The predicted molar refractivity (Wildman–Crippen MR) is 99.4 cm³/mol. The van der Waals surface area contributed by atoms with Gasteiger partial charge in [0, 0.05) is 18.3 Å². The lowest BCUT2D eigenvalue weighted by Gasteiger charge is -2.35. The van der Waals surface area contributed by atoms with Crippen molar-refractivity contribution in [2.75, 3.05) is 18.5 Å². The fraction of sp³-hybridized carbons (Fsp3) is 0.450. The lowest BCUT2D eigenvalue weighted by Crippen LogP contribution is -2.53. The van der Waals surface area contributed by atoms with E-state index in [-0.39, 0.29) is 0 Å². The van der Waals surface area contributed by atoms with Gasteiger partial charge in [-0.05, 0) is 37.5 Å². The second-order valence-corrected chi connectivity index (χ2v) is 7.12. The Balaban J connectivity index is 2.23. The van der Waals surface area contributed by atoms with Crippen molar-refractivity contribution in [2.24, 2.45) is 0 Å². The van der Waals surface area contributed by atoms with Crippen LogP contribution < -0.4 is 9.38 Å². The van der Waals surface area contributed by atoms with Gasteiger partial charge in [-0.2, -0.15) is 0 Å². The monoisotopic (exact) mass is 310 g/mol. The Morgan fingerprint density at radius 2 is 1.91 bits per heavy atom. The zero-order chi connectivity index (χ0) is 16.8. The minimum atomic E-state index is 0.361. The summed E-state index contributed by atoms with van der Waals surface area (Å²) in [4.78, 5) is 7.24. The molecule has 0 saturated heterocycles. The number of pyridine rings is 1. The van der Waals surface area contributed by atoms with Gasteiger partial charge in [-0.1, -0.05) is 32.0 Å². The van der Waals surface area contributed by atoms with Crippen LogP contribution in [-0.4, -0.2) is 24.7 Å². The Morgan fingerprint density at radius 1 is 1.22 bits per heavy atom. The maximum atomic E-state index is 4.74. The molecule has 1 aliphatic heterocycles. The van der Waals surface area contributed by atoms with E-state index in [4.69, 9.17) is 4.98 Å². The summed E-state index contributed by atoms with van der Waals surface area (Å²) in [5.41, 5.74) is 6.43. The lowest BCUT2D eigenvalue weighted by atomic mass is 10.1. The van der Waals surface area contributed by atoms with E-state index in [0.29, 0.717) is 12.1 Å². The highest BCUT2D eigenvalue weighted by Gasteiger charge is 2.46. The highest BCUT2D eigenvalue weighted by molar-refractivity contribution is 5.82. The van der Waals surface area contributed by atoms with Crippen molar-refractivity contribution >= 4 is 17.1 Å². The van der Waals surface area contributed by atoms with Crippen LogP contribution in [0.25, 0.3) is 0 Å². The Kier molecular flexibility index (Phi) is 3.93. The number of hydrogen-bond acceptors (Lipinski definition) is 2. The highest BCUT2D eigenvalue weighted by Crippen LogP contribution is 2.48. The average molecular weight is 310 g/mol. The molecular weight excluding hydrogens is 282 g/mol. The normalized spacial score (nSPS) is 23.4. The summed E-state index contributed by atoms with van der Waals surface area (Å²) in [6.45, 7) is 12.3. The van der Waals surface area contributed by atoms with Crippen LogP contribution in [0, 0.1) is 6.92 Å². The third-order valence-corrected chi connectivity index (χ3v) is 5.51. The van der Waals surface area contributed by atoms with Gasteiger partial charge < -0.3 is 0 Å². The molecule has 3 rings (SSSR count). The predicted octanol–water partition coefficient (Wildman–Crippen LogP) is 4.97. The van der Waals surface area contributed by atoms with Crippen molar-refractivity contribution in [1.82, 2.24) is 9.47 Å². The zero-order valence-electron chi connectivity index (χ0n) is 15.2. The van der Waals surface area contributed by atoms with E-state index in [1.165, 1.54) is 28.3 Å². The third kappa shape index (κ3) is 2.34. The van der Waals surface area contributed by atoms with Crippen LogP contribution in [0.1, 0.15) is 44.9 Å². The van der Waals surface area contributed by atoms with E-state index in [0.717, 1.165) is 11.0 Å². The van der Waals surface area contributed by atoms with Crippen LogP contribution in [0.3, 0.4) is 0 Å². The lowest BCUT2D eigenvalue weighted by molar-refractivity contribution is 0.294. The first kappa shape index (κ1) is 16.0. The van der Waals surface area contributed by atoms with E-state index >= 15 is 0 Å². The summed E-state index contributed by atoms with van der Waals surface area (Å²) in [6.07, 6.45) is 2.46. The molecule has 0 radical (unpaired) electrons.